The SMILES string of the molecule is Cc1cc2oc(=O)cc(CN3C(=O)NC(C)(c4cc5ccccc5o4)C3=O)c2cc1C. The molecule has 3 amide bonds. The monoisotopic (exact) mass is 416 g/mol. The van der Waals surface area contributed by atoms with Crippen LogP contribution in [0, 0.1) is 13.8 Å². The van der Waals surface area contributed by atoms with Crippen LogP contribution in [0.3, 0.4) is 0 Å². The van der Waals surface area contributed by atoms with Crippen molar-refractivity contribution in [2.24, 2.45) is 0 Å². The first kappa shape index (κ1) is 19.1. The molecule has 2 aromatic heterocycles. The highest BCUT2D eigenvalue weighted by Crippen LogP contribution is 2.34. The molecule has 0 bridgehead atoms. The van der Waals surface area contributed by atoms with Crippen molar-refractivity contribution in [1.82, 2.24) is 10.2 Å². The van der Waals surface area contributed by atoms with Gasteiger partial charge in [0.15, 0.2) is 5.54 Å². The van der Waals surface area contributed by atoms with Crippen molar-refractivity contribution in [2.45, 2.75) is 32.9 Å². The van der Waals surface area contributed by atoms with Gasteiger partial charge in [0.1, 0.15) is 16.9 Å². The number of imide groups is 1. The van der Waals surface area contributed by atoms with Gasteiger partial charge in [-0.2, -0.15) is 0 Å². The number of aryl methyl sites for hydroxylation is 2. The maximum Gasteiger partial charge on any atom is 0.336 e. The van der Waals surface area contributed by atoms with E-state index >= 15 is 0 Å². The van der Waals surface area contributed by atoms with Gasteiger partial charge < -0.3 is 14.2 Å². The van der Waals surface area contributed by atoms with Crippen molar-refractivity contribution in [1.29, 1.82) is 0 Å². The number of hydrogen-bond acceptors (Lipinski definition) is 5. The first-order chi connectivity index (χ1) is 14.8. The highest BCUT2D eigenvalue weighted by atomic mass is 16.4. The van der Waals surface area contributed by atoms with E-state index in [9.17, 15) is 14.4 Å². The Morgan fingerprint density at radius 2 is 1.68 bits per heavy atom. The summed E-state index contributed by atoms with van der Waals surface area (Å²) in [6.07, 6.45) is 0. The summed E-state index contributed by atoms with van der Waals surface area (Å²) in [6, 6.07) is 13.6. The molecule has 1 saturated heterocycles. The van der Waals surface area contributed by atoms with Crippen LogP contribution in [-0.2, 0) is 16.9 Å². The lowest BCUT2D eigenvalue weighted by molar-refractivity contribution is -0.132. The van der Waals surface area contributed by atoms with Crippen molar-refractivity contribution in [3.63, 3.8) is 0 Å². The number of carbonyl (C=O) groups is 2. The van der Waals surface area contributed by atoms with Gasteiger partial charge in [-0.15, -0.1) is 0 Å². The van der Waals surface area contributed by atoms with Gasteiger partial charge >= 0.3 is 11.7 Å². The lowest BCUT2D eigenvalue weighted by Crippen LogP contribution is -2.40. The van der Waals surface area contributed by atoms with E-state index in [2.05, 4.69) is 5.32 Å². The van der Waals surface area contributed by atoms with E-state index in [-0.39, 0.29) is 6.54 Å². The van der Waals surface area contributed by atoms with E-state index in [0.717, 1.165) is 21.4 Å². The normalized spacial score (nSPS) is 18.9. The Bertz CT molecular complexity index is 1410. The summed E-state index contributed by atoms with van der Waals surface area (Å²) in [5.74, 6) is -0.0831. The van der Waals surface area contributed by atoms with Crippen LogP contribution >= 0.6 is 0 Å². The van der Waals surface area contributed by atoms with Crippen LogP contribution in [0.25, 0.3) is 21.9 Å². The maximum absolute atomic E-state index is 13.3. The number of benzene rings is 2. The lowest BCUT2D eigenvalue weighted by atomic mass is 9.98. The van der Waals surface area contributed by atoms with Gasteiger partial charge in [0.2, 0.25) is 0 Å². The van der Waals surface area contributed by atoms with Crippen LogP contribution < -0.4 is 10.9 Å². The molecule has 0 aliphatic carbocycles. The molecule has 0 spiro atoms. The van der Waals surface area contributed by atoms with Crippen molar-refractivity contribution in [2.75, 3.05) is 0 Å². The largest absolute Gasteiger partial charge is 0.458 e. The van der Waals surface area contributed by atoms with Crippen LogP contribution in [0.1, 0.15) is 29.4 Å². The molecule has 1 fully saturated rings. The molecule has 5 rings (SSSR count). The average Bonchev–Trinajstić information content (AvgIpc) is 3.25. The van der Waals surface area contributed by atoms with E-state index in [1.807, 2.05) is 38.1 Å². The van der Waals surface area contributed by atoms with Crippen LogP contribution in [0.4, 0.5) is 4.79 Å². The minimum Gasteiger partial charge on any atom is -0.458 e. The fourth-order valence-electron chi connectivity index (χ4n) is 4.02. The summed E-state index contributed by atoms with van der Waals surface area (Å²) >= 11 is 0. The summed E-state index contributed by atoms with van der Waals surface area (Å²) in [7, 11) is 0. The van der Waals surface area contributed by atoms with Crippen molar-refractivity contribution < 1.29 is 18.4 Å². The number of rotatable bonds is 3. The molecule has 31 heavy (non-hydrogen) atoms. The van der Waals surface area contributed by atoms with Gasteiger partial charge in [-0.1, -0.05) is 18.2 Å². The Balaban J connectivity index is 1.55. The smallest absolute Gasteiger partial charge is 0.336 e. The fraction of sp³-hybridized carbons (Fsp3) is 0.208. The highest BCUT2D eigenvalue weighted by molar-refractivity contribution is 6.07. The summed E-state index contributed by atoms with van der Waals surface area (Å²) < 4.78 is 11.2. The number of nitrogens with one attached hydrogen (secondary N) is 1. The molecule has 0 radical (unpaired) electrons. The van der Waals surface area contributed by atoms with Gasteiger partial charge in [-0.3, -0.25) is 9.69 Å². The third-order valence-corrected chi connectivity index (χ3v) is 5.97. The minimum absolute atomic E-state index is 0.0505. The molecule has 1 aliphatic rings. The van der Waals surface area contributed by atoms with E-state index in [0.29, 0.717) is 27.9 Å². The van der Waals surface area contributed by atoms with E-state index in [1.165, 1.54) is 6.07 Å². The summed E-state index contributed by atoms with van der Waals surface area (Å²) in [5, 5.41) is 4.29. The lowest BCUT2D eigenvalue weighted by Gasteiger charge is -2.19. The van der Waals surface area contributed by atoms with Gasteiger partial charge in [0, 0.05) is 16.8 Å². The van der Waals surface area contributed by atoms with Crippen LogP contribution in [0.2, 0.25) is 0 Å². The summed E-state index contributed by atoms with van der Waals surface area (Å²) in [6.45, 7) is 5.45. The number of carbonyl (C=O) groups excluding carboxylic acids is 2. The third kappa shape index (κ3) is 2.92. The molecule has 1 aliphatic heterocycles. The van der Waals surface area contributed by atoms with E-state index < -0.39 is 23.1 Å². The first-order valence-electron chi connectivity index (χ1n) is 9.93. The number of furan rings is 1. The molecule has 2 aromatic carbocycles. The fourth-order valence-corrected chi connectivity index (χ4v) is 4.02. The zero-order valence-corrected chi connectivity index (χ0v) is 17.3. The Labute approximate surface area is 177 Å². The highest BCUT2D eigenvalue weighted by Gasteiger charge is 2.51. The topological polar surface area (TPSA) is 92.8 Å². The molecule has 1 N–H and O–H groups in total. The molecule has 0 saturated carbocycles. The van der Waals surface area contributed by atoms with Crippen molar-refractivity contribution in [3.8, 4) is 0 Å². The third-order valence-electron chi connectivity index (χ3n) is 5.97. The van der Waals surface area contributed by atoms with Gasteiger partial charge in [0.05, 0.1) is 6.54 Å². The van der Waals surface area contributed by atoms with Crippen LogP contribution in [0.15, 0.2) is 62.2 Å². The first-order valence-corrected chi connectivity index (χ1v) is 9.93. The Hall–Kier alpha value is -3.87. The molecule has 1 unspecified atom stereocenters. The van der Waals surface area contributed by atoms with Gasteiger partial charge in [-0.25, -0.2) is 9.59 Å². The predicted molar refractivity (Wildman–Crippen MR) is 115 cm³/mol. The second-order valence-electron chi connectivity index (χ2n) is 8.12. The van der Waals surface area contributed by atoms with Crippen LogP contribution in [0.5, 0.6) is 0 Å². The zero-order chi connectivity index (χ0) is 21.9. The molecule has 3 heterocycles. The molecular formula is C24H20N2O5. The number of fused-ring (bicyclic) bond motifs is 2. The second-order valence-corrected chi connectivity index (χ2v) is 8.12. The predicted octanol–water partition coefficient (Wildman–Crippen LogP) is 4.12. The van der Waals surface area contributed by atoms with E-state index in [1.54, 1.807) is 25.1 Å². The molecular weight excluding hydrogens is 396 g/mol. The molecule has 7 heteroatoms. The second kappa shape index (κ2) is 6.57. The quantitative estimate of drug-likeness (QED) is 0.401. The molecule has 1 atom stereocenters. The van der Waals surface area contributed by atoms with Crippen LogP contribution in [-0.4, -0.2) is 16.8 Å². The standard InChI is InChI=1S/C24H20N2O5/c1-13-8-17-16(11-21(27)31-19(17)9-14(13)2)12-26-22(28)24(3,25-23(26)29)20-10-15-6-4-5-7-18(15)30-20/h4-11H,12H2,1-3H3,(H,25,29). The van der Waals surface area contributed by atoms with Crippen molar-refractivity contribution in [3.05, 3.63) is 81.4 Å². The van der Waals surface area contributed by atoms with E-state index in [4.69, 9.17) is 8.83 Å². The zero-order valence-electron chi connectivity index (χ0n) is 17.3. The molecule has 7 nitrogen and oxygen atoms in total. The number of para-hydroxylation sites is 1. The molecule has 4 aromatic rings. The number of hydrogen-bond donors (Lipinski definition) is 1. The van der Waals surface area contributed by atoms with Gasteiger partial charge in [0.25, 0.3) is 5.91 Å². The number of nitrogens with zero attached hydrogens (tertiary/aromatic N) is 1. The summed E-state index contributed by atoms with van der Waals surface area (Å²) in [5.41, 5.74) is 1.75. The molecule has 156 valence electrons. The number of urea groups is 1. The number of amides is 3. The maximum atomic E-state index is 13.3. The Morgan fingerprint density at radius 3 is 2.45 bits per heavy atom. The minimum atomic E-state index is -1.34. The van der Waals surface area contributed by atoms with Crippen molar-refractivity contribution >= 4 is 33.9 Å². The Kier molecular flexibility index (Phi) is 4.05. The average molecular weight is 416 g/mol. The van der Waals surface area contributed by atoms with Gasteiger partial charge in [-0.05, 0) is 61.7 Å². The Morgan fingerprint density at radius 1 is 0.935 bits per heavy atom. The summed E-state index contributed by atoms with van der Waals surface area (Å²) in [4.78, 5) is 39.3.